The summed E-state index contributed by atoms with van der Waals surface area (Å²) in [6.45, 7) is 12.0. The van der Waals surface area contributed by atoms with E-state index in [1.165, 1.54) is 11.1 Å². The molecule has 1 N–H and O–H groups in total. The normalized spacial score (nSPS) is 15.1. The van der Waals surface area contributed by atoms with E-state index in [1.807, 2.05) is 31.2 Å². The van der Waals surface area contributed by atoms with Crippen molar-refractivity contribution in [2.75, 3.05) is 39.3 Å². The van der Waals surface area contributed by atoms with Gasteiger partial charge >= 0.3 is 0 Å². The van der Waals surface area contributed by atoms with Crippen molar-refractivity contribution in [2.45, 2.75) is 39.8 Å². The molecule has 1 aliphatic heterocycles. The van der Waals surface area contributed by atoms with E-state index in [-0.39, 0.29) is 5.91 Å². The number of nitrogens with one attached hydrogen (secondary N) is 1. The minimum Gasteiger partial charge on any atom is -0.494 e. The van der Waals surface area contributed by atoms with E-state index in [4.69, 9.17) is 4.74 Å². The third-order valence-electron chi connectivity index (χ3n) is 5.78. The van der Waals surface area contributed by atoms with Crippen LogP contribution < -0.4 is 10.1 Å². The standard InChI is InChI=1S/C25H35N3O2/c1-3-27-15-17-28(18-16-27)20-23-8-6-5-7-22(23)19-26-25(29)14-11-21-9-12-24(13-10-21)30-4-2/h5-10,12-13H,3-4,11,14-20H2,1-2H3,(H,26,29). The number of benzene rings is 2. The lowest BCUT2D eigenvalue weighted by Crippen LogP contribution is -2.45. The first kappa shape index (κ1) is 22.3. The molecule has 3 rings (SSSR count). The lowest BCUT2D eigenvalue weighted by molar-refractivity contribution is -0.121. The molecule has 0 radical (unpaired) electrons. The molecule has 0 bridgehead atoms. The average molecular weight is 410 g/mol. The lowest BCUT2D eigenvalue weighted by Gasteiger charge is -2.34. The second-order valence-corrected chi connectivity index (χ2v) is 7.83. The summed E-state index contributed by atoms with van der Waals surface area (Å²) in [7, 11) is 0. The maximum absolute atomic E-state index is 12.4. The van der Waals surface area contributed by atoms with Gasteiger partial charge in [0.2, 0.25) is 5.91 Å². The van der Waals surface area contributed by atoms with Gasteiger partial charge in [-0.05, 0) is 48.7 Å². The van der Waals surface area contributed by atoms with Crippen molar-refractivity contribution in [2.24, 2.45) is 0 Å². The van der Waals surface area contributed by atoms with Crippen LogP contribution in [-0.2, 0) is 24.3 Å². The number of piperazine rings is 1. The van der Waals surface area contributed by atoms with Gasteiger partial charge in [0, 0.05) is 45.7 Å². The average Bonchev–Trinajstić information content (AvgIpc) is 2.79. The molecule has 2 aromatic rings. The highest BCUT2D eigenvalue weighted by molar-refractivity contribution is 5.76. The van der Waals surface area contributed by atoms with Crippen molar-refractivity contribution in [3.63, 3.8) is 0 Å². The molecule has 1 aliphatic rings. The predicted octanol–water partition coefficient (Wildman–Crippen LogP) is 3.47. The van der Waals surface area contributed by atoms with Gasteiger partial charge in [0.25, 0.3) is 0 Å². The highest BCUT2D eigenvalue weighted by Crippen LogP contribution is 2.15. The SMILES string of the molecule is CCOc1ccc(CCC(=O)NCc2ccccc2CN2CCN(CC)CC2)cc1. The van der Waals surface area contributed by atoms with E-state index >= 15 is 0 Å². The molecule has 2 aromatic carbocycles. The van der Waals surface area contributed by atoms with Gasteiger partial charge in [0.15, 0.2) is 0 Å². The summed E-state index contributed by atoms with van der Waals surface area (Å²) in [6.07, 6.45) is 1.23. The van der Waals surface area contributed by atoms with Crippen LogP contribution in [0.3, 0.4) is 0 Å². The Morgan fingerprint density at radius 2 is 1.60 bits per heavy atom. The summed E-state index contributed by atoms with van der Waals surface area (Å²) in [6, 6.07) is 16.5. The van der Waals surface area contributed by atoms with E-state index in [1.54, 1.807) is 0 Å². The molecule has 0 aromatic heterocycles. The second-order valence-electron chi connectivity index (χ2n) is 7.83. The zero-order valence-electron chi connectivity index (χ0n) is 18.4. The van der Waals surface area contributed by atoms with E-state index < -0.39 is 0 Å². The van der Waals surface area contributed by atoms with Crippen molar-refractivity contribution in [3.8, 4) is 5.75 Å². The van der Waals surface area contributed by atoms with Gasteiger partial charge in [0.1, 0.15) is 5.75 Å². The maximum Gasteiger partial charge on any atom is 0.220 e. The van der Waals surface area contributed by atoms with Crippen molar-refractivity contribution in [1.82, 2.24) is 15.1 Å². The summed E-state index contributed by atoms with van der Waals surface area (Å²) >= 11 is 0. The molecule has 0 unspecified atom stereocenters. The Balaban J connectivity index is 1.45. The molecule has 0 aliphatic carbocycles. The number of aryl methyl sites for hydroxylation is 1. The first-order valence-electron chi connectivity index (χ1n) is 11.2. The van der Waals surface area contributed by atoms with Crippen LogP contribution in [0.1, 0.15) is 37.0 Å². The van der Waals surface area contributed by atoms with Gasteiger partial charge in [-0.1, -0.05) is 43.3 Å². The Hall–Kier alpha value is -2.37. The van der Waals surface area contributed by atoms with E-state index in [9.17, 15) is 4.79 Å². The topological polar surface area (TPSA) is 44.8 Å². The Morgan fingerprint density at radius 3 is 2.27 bits per heavy atom. The van der Waals surface area contributed by atoms with Crippen molar-refractivity contribution >= 4 is 5.91 Å². The Bertz CT molecular complexity index is 783. The number of rotatable bonds is 10. The highest BCUT2D eigenvalue weighted by atomic mass is 16.5. The number of hydrogen-bond donors (Lipinski definition) is 1. The zero-order chi connectivity index (χ0) is 21.2. The summed E-state index contributed by atoms with van der Waals surface area (Å²) < 4.78 is 5.47. The molecule has 1 heterocycles. The zero-order valence-corrected chi connectivity index (χ0v) is 18.4. The number of amides is 1. The van der Waals surface area contributed by atoms with Gasteiger partial charge < -0.3 is 15.0 Å². The number of carbonyl (C=O) groups is 1. The summed E-state index contributed by atoms with van der Waals surface area (Å²) in [4.78, 5) is 17.4. The van der Waals surface area contributed by atoms with Crippen LogP contribution in [0.5, 0.6) is 5.75 Å². The minimum atomic E-state index is 0.0928. The van der Waals surface area contributed by atoms with Crippen LogP contribution in [0, 0.1) is 0 Å². The van der Waals surface area contributed by atoms with Crippen LogP contribution in [0.25, 0.3) is 0 Å². The van der Waals surface area contributed by atoms with Crippen LogP contribution >= 0.6 is 0 Å². The van der Waals surface area contributed by atoms with Crippen LogP contribution in [0.15, 0.2) is 48.5 Å². The van der Waals surface area contributed by atoms with Crippen LogP contribution in [-0.4, -0.2) is 55.0 Å². The second kappa shape index (κ2) is 11.7. The number of nitrogens with zero attached hydrogens (tertiary/aromatic N) is 2. The molecule has 1 saturated heterocycles. The lowest BCUT2D eigenvalue weighted by atomic mass is 10.1. The predicted molar refractivity (Wildman–Crippen MR) is 122 cm³/mol. The molecule has 162 valence electrons. The van der Waals surface area contributed by atoms with Gasteiger partial charge in [-0.25, -0.2) is 0 Å². The smallest absolute Gasteiger partial charge is 0.220 e. The fourth-order valence-corrected chi connectivity index (χ4v) is 3.85. The van der Waals surface area contributed by atoms with Crippen molar-refractivity contribution < 1.29 is 9.53 Å². The van der Waals surface area contributed by atoms with Gasteiger partial charge in [-0.15, -0.1) is 0 Å². The van der Waals surface area contributed by atoms with Crippen molar-refractivity contribution in [1.29, 1.82) is 0 Å². The number of carbonyl (C=O) groups excluding carboxylic acids is 1. The third-order valence-corrected chi connectivity index (χ3v) is 5.78. The fourth-order valence-electron chi connectivity index (χ4n) is 3.85. The molecule has 0 saturated carbocycles. The van der Waals surface area contributed by atoms with E-state index in [2.05, 4.69) is 46.3 Å². The van der Waals surface area contributed by atoms with Crippen LogP contribution in [0.2, 0.25) is 0 Å². The van der Waals surface area contributed by atoms with Gasteiger partial charge in [-0.2, -0.15) is 0 Å². The third kappa shape index (κ3) is 6.85. The quantitative estimate of drug-likeness (QED) is 0.653. The van der Waals surface area contributed by atoms with Gasteiger partial charge in [0.05, 0.1) is 6.61 Å². The molecular formula is C25H35N3O2. The van der Waals surface area contributed by atoms with Crippen LogP contribution in [0.4, 0.5) is 0 Å². The first-order chi connectivity index (χ1) is 14.7. The minimum absolute atomic E-state index is 0.0928. The molecule has 1 fully saturated rings. The highest BCUT2D eigenvalue weighted by Gasteiger charge is 2.16. The molecule has 5 nitrogen and oxygen atoms in total. The molecule has 0 spiro atoms. The Labute approximate surface area is 181 Å². The molecule has 1 amide bonds. The largest absolute Gasteiger partial charge is 0.494 e. The van der Waals surface area contributed by atoms with E-state index in [0.717, 1.165) is 57.0 Å². The fraction of sp³-hybridized carbons (Fsp3) is 0.480. The summed E-state index contributed by atoms with van der Waals surface area (Å²) in [5.41, 5.74) is 3.68. The molecule has 30 heavy (non-hydrogen) atoms. The number of ether oxygens (including phenoxy) is 1. The summed E-state index contributed by atoms with van der Waals surface area (Å²) in [5.74, 6) is 0.966. The van der Waals surface area contributed by atoms with Gasteiger partial charge in [-0.3, -0.25) is 9.69 Å². The summed E-state index contributed by atoms with van der Waals surface area (Å²) in [5, 5.41) is 3.10. The molecule has 0 atom stereocenters. The number of hydrogen-bond acceptors (Lipinski definition) is 4. The monoisotopic (exact) mass is 409 g/mol. The van der Waals surface area contributed by atoms with E-state index in [0.29, 0.717) is 19.6 Å². The molecular weight excluding hydrogens is 374 g/mol. The number of likely N-dealkylation sites (N-methyl/N-ethyl adjacent to an activating group) is 1. The Morgan fingerprint density at radius 1 is 0.933 bits per heavy atom. The van der Waals surface area contributed by atoms with Crippen molar-refractivity contribution in [3.05, 3.63) is 65.2 Å². The maximum atomic E-state index is 12.4. The molecule has 5 heteroatoms. The first-order valence-corrected chi connectivity index (χ1v) is 11.2. The Kier molecular flexibility index (Phi) is 8.72.